The van der Waals surface area contributed by atoms with Gasteiger partial charge in [0.1, 0.15) is 5.02 Å². The summed E-state index contributed by atoms with van der Waals surface area (Å²) in [7, 11) is 0. The number of hydrogen-bond acceptors (Lipinski definition) is 4. The molecule has 1 rings (SSSR count). The topological polar surface area (TPSA) is 69.4 Å². The van der Waals surface area contributed by atoms with E-state index in [9.17, 15) is 14.9 Å². The van der Waals surface area contributed by atoms with Gasteiger partial charge in [0.15, 0.2) is 0 Å². The van der Waals surface area contributed by atoms with E-state index in [0.29, 0.717) is 0 Å². The normalized spacial score (nSPS) is 10.3. The molecule has 0 atom stereocenters. The summed E-state index contributed by atoms with van der Waals surface area (Å²) in [5, 5.41) is 10.6. The van der Waals surface area contributed by atoms with Gasteiger partial charge in [-0.25, -0.2) is 4.79 Å². The third-order valence-electron chi connectivity index (χ3n) is 2.67. The number of unbranched alkanes of at least 4 members (excludes halogenated alkanes) is 3. The molecule has 0 radical (unpaired) electrons. The number of nitro groups is 1. The van der Waals surface area contributed by atoms with E-state index in [-0.39, 0.29) is 22.2 Å². The highest BCUT2D eigenvalue weighted by Gasteiger charge is 2.20. The van der Waals surface area contributed by atoms with Crippen LogP contribution in [0.5, 0.6) is 0 Å². The fraction of sp³-hybridized carbons (Fsp3) is 0.462. The number of hydrogen-bond donors (Lipinski definition) is 0. The third-order valence-corrected chi connectivity index (χ3v) is 3.46. The predicted molar refractivity (Wildman–Crippen MR) is 77.5 cm³/mol. The third kappa shape index (κ3) is 4.65. The minimum atomic E-state index is -0.688. The molecule has 1 aromatic carbocycles. The molecule has 0 saturated carbocycles. The molecule has 0 aliphatic heterocycles. The number of ether oxygens (including phenoxy) is 1. The molecule has 0 heterocycles. The molecule has 5 nitrogen and oxygen atoms in total. The number of halogens is 2. The summed E-state index contributed by atoms with van der Waals surface area (Å²) in [4.78, 5) is 21.9. The second-order valence-electron chi connectivity index (χ2n) is 4.24. The maximum Gasteiger partial charge on any atom is 0.338 e. The first-order valence-electron chi connectivity index (χ1n) is 6.28. The molecule has 7 heteroatoms. The standard InChI is InChI=1S/C13H15Cl2NO4/c1-2-3-4-5-6-20-13(17)9-7-10(14)12(15)11(8-9)16(18)19/h7-8H,2-6H2,1H3. The van der Waals surface area contributed by atoms with E-state index >= 15 is 0 Å². The first-order valence-corrected chi connectivity index (χ1v) is 7.03. The van der Waals surface area contributed by atoms with Gasteiger partial charge in [-0.3, -0.25) is 10.1 Å². The van der Waals surface area contributed by atoms with Crippen molar-refractivity contribution in [3.8, 4) is 0 Å². The number of benzene rings is 1. The van der Waals surface area contributed by atoms with E-state index in [1.807, 2.05) is 0 Å². The quantitative estimate of drug-likeness (QED) is 0.318. The van der Waals surface area contributed by atoms with E-state index < -0.39 is 16.6 Å². The first-order chi connectivity index (χ1) is 9.47. The number of nitrogens with zero attached hydrogens (tertiary/aromatic N) is 1. The van der Waals surface area contributed by atoms with Crippen molar-refractivity contribution in [3.63, 3.8) is 0 Å². The Morgan fingerprint density at radius 2 is 2.00 bits per heavy atom. The lowest BCUT2D eigenvalue weighted by Crippen LogP contribution is -2.07. The number of esters is 1. The molecule has 0 amide bonds. The van der Waals surface area contributed by atoms with Crippen molar-refractivity contribution in [2.24, 2.45) is 0 Å². The lowest BCUT2D eigenvalue weighted by atomic mass is 10.2. The molecule has 0 N–H and O–H groups in total. The maximum atomic E-state index is 11.8. The number of rotatable bonds is 7. The van der Waals surface area contributed by atoms with Crippen molar-refractivity contribution in [2.45, 2.75) is 32.6 Å². The Bertz CT molecular complexity index is 505. The molecule has 0 saturated heterocycles. The fourth-order valence-electron chi connectivity index (χ4n) is 1.60. The zero-order valence-electron chi connectivity index (χ0n) is 11.0. The highest BCUT2D eigenvalue weighted by atomic mass is 35.5. The van der Waals surface area contributed by atoms with E-state index in [4.69, 9.17) is 27.9 Å². The first kappa shape index (κ1) is 16.7. The van der Waals surface area contributed by atoms with Gasteiger partial charge in [0.25, 0.3) is 5.69 Å². The zero-order valence-corrected chi connectivity index (χ0v) is 12.5. The SMILES string of the molecule is CCCCCCOC(=O)c1cc(Cl)c(Cl)c([N+](=O)[O-])c1. The van der Waals surface area contributed by atoms with E-state index in [0.717, 1.165) is 31.7 Å². The van der Waals surface area contributed by atoms with Crippen LogP contribution in [0.3, 0.4) is 0 Å². The molecule has 0 spiro atoms. The molecular weight excluding hydrogens is 305 g/mol. The smallest absolute Gasteiger partial charge is 0.338 e. The van der Waals surface area contributed by atoms with E-state index in [2.05, 4.69) is 6.92 Å². The number of carbonyl (C=O) groups excluding carboxylic acids is 1. The summed E-state index contributed by atoms with van der Waals surface area (Å²) >= 11 is 11.5. The van der Waals surface area contributed by atoms with Crippen LogP contribution in [-0.4, -0.2) is 17.5 Å². The van der Waals surface area contributed by atoms with Crippen LogP contribution in [0.1, 0.15) is 43.0 Å². The molecule has 20 heavy (non-hydrogen) atoms. The monoisotopic (exact) mass is 319 g/mol. The van der Waals surface area contributed by atoms with Gasteiger partial charge >= 0.3 is 5.97 Å². The van der Waals surface area contributed by atoms with Crippen LogP contribution in [0.4, 0.5) is 5.69 Å². The van der Waals surface area contributed by atoms with Crippen molar-refractivity contribution in [1.82, 2.24) is 0 Å². The molecule has 0 aromatic heterocycles. The maximum absolute atomic E-state index is 11.8. The molecule has 0 bridgehead atoms. The lowest BCUT2D eigenvalue weighted by molar-refractivity contribution is -0.384. The van der Waals surface area contributed by atoms with Gasteiger partial charge in [0.05, 0.1) is 22.1 Å². The predicted octanol–water partition coefficient (Wildman–Crippen LogP) is 4.64. The van der Waals surface area contributed by atoms with Crippen molar-refractivity contribution >= 4 is 34.9 Å². The van der Waals surface area contributed by atoms with Crippen LogP contribution in [0.15, 0.2) is 12.1 Å². The molecule has 0 aliphatic carbocycles. The average Bonchev–Trinajstić information content (AvgIpc) is 2.40. The van der Waals surface area contributed by atoms with Crippen LogP contribution in [0.25, 0.3) is 0 Å². The Labute approximate surface area is 127 Å². The second-order valence-corrected chi connectivity index (χ2v) is 5.03. The summed E-state index contributed by atoms with van der Waals surface area (Å²) in [5.74, 6) is -0.636. The van der Waals surface area contributed by atoms with Crippen molar-refractivity contribution < 1.29 is 14.5 Å². The Kier molecular flexibility index (Phi) is 6.75. The molecule has 0 fully saturated rings. The van der Waals surface area contributed by atoms with Gasteiger partial charge in [-0.15, -0.1) is 0 Å². The highest BCUT2D eigenvalue weighted by Crippen LogP contribution is 2.33. The van der Waals surface area contributed by atoms with E-state index in [1.165, 1.54) is 6.07 Å². The van der Waals surface area contributed by atoms with Gasteiger partial charge in [-0.05, 0) is 12.5 Å². The Morgan fingerprint density at radius 3 is 2.60 bits per heavy atom. The Balaban J connectivity index is 2.71. The number of nitro benzene ring substituents is 1. The summed E-state index contributed by atoms with van der Waals surface area (Å²) in [6.07, 6.45) is 3.91. The molecule has 0 aliphatic rings. The molecule has 0 unspecified atom stereocenters. The average molecular weight is 320 g/mol. The van der Waals surface area contributed by atoms with Crippen molar-refractivity contribution in [2.75, 3.05) is 6.61 Å². The summed E-state index contributed by atoms with van der Waals surface area (Å²) < 4.78 is 5.04. The van der Waals surface area contributed by atoms with Crippen molar-refractivity contribution in [1.29, 1.82) is 0 Å². The largest absolute Gasteiger partial charge is 0.462 e. The van der Waals surface area contributed by atoms with Crippen LogP contribution >= 0.6 is 23.2 Å². The molecular formula is C13H15Cl2NO4. The van der Waals surface area contributed by atoms with Crippen molar-refractivity contribution in [3.05, 3.63) is 37.9 Å². The van der Waals surface area contributed by atoms with Gasteiger partial charge in [-0.1, -0.05) is 49.4 Å². The Morgan fingerprint density at radius 1 is 1.30 bits per heavy atom. The highest BCUT2D eigenvalue weighted by molar-refractivity contribution is 6.43. The minimum Gasteiger partial charge on any atom is -0.462 e. The lowest BCUT2D eigenvalue weighted by Gasteiger charge is -2.06. The van der Waals surface area contributed by atoms with Gasteiger partial charge in [0, 0.05) is 6.07 Å². The Hall–Kier alpha value is -1.33. The van der Waals surface area contributed by atoms with Gasteiger partial charge < -0.3 is 4.74 Å². The summed E-state index contributed by atoms with van der Waals surface area (Å²) in [5.41, 5.74) is -0.376. The van der Waals surface area contributed by atoms with E-state index in [1.54, 1.807) is 0 Å². The van der Waals surface area contributed by atoms with Crippen LogP contribution in [-0.2, 0) is 4.74 Å². The number of carbonyl (C=O) groups is 1. The summed E-state index contributed by atoms with van der Waals surface area (Å²) in [6.45, 7) is 2.37. The summed E-state index contributed by atoms with van der Waals surface area (Å²) in [6, 6.07) is 2.34. The fourth-order valence-corrected chi connectivity index (χ4v) is 1.99. The van der Waals surface area contributed by atoms with Crippen LogP contribution < -0.4 is 0 Å². The molecule has 110 valence electrons. The zero-order chi connectivity index (χ0) is 15.1. The van der Waals surface area contributed by atoms with Gasteiger partial charge in [-0.2, -0.15) is 0 Å². The van der Waals surface area contributed by atoms with Gasteiger partial charge in [0.2, 0.25) is 0 Å². The minimum absolute atomic E-state index is 0.0293. The van der Waals surface area contributed by atoms with Crippen LogP contribution in [0, 0.1) is 10.1 Å². The second kappa shape index (κ2) is 8.07. The van der Waals surface area contributed by atoms with Crippen LogP contribution in [0.2, 0.25) is 10.0 Å². The molecule has 1 aromatic rings.